The third kappa shape index (κ3) is 3.21. The van der Waals surface area contributed by atoms with Crippen LogP contribution in [0.25, 0.3) is 5.65 Å². The van der Waals surface area contributed by atoms with Crippen LogP contribution in [-0.4, -0.2) is 46.2 Å². The molecule has 2 atom stereocenters. The summed E-state index contributed by atoms with van der Waals surface area (Å²) in [6.07, 6.45) is 7.39. The zero-order valence-corrected chi connectivity index (χ0v) is 18.1. The van der Waals surface area contributed by atoms with E-state index in [9.17, 15) is 0 Å². The zero-order valence-electron chi connectivity index (χ0n) is 16.6. The average Bonchev–Trinajstić information content (AvgIpc) is 3.35. The van der Waals surface area contributed by atoms with Crippen LogP contribution in [0.4, 0.5) is 5.95 Å². The molecule has 0 saturated carbocycles. The number of benzene rings is 1. The second-order valence-corrected chi connectivity index (χ2v) is 8.87. The number of rotatable bonds is 3. The molecule has 2 aliphatic heterocycles. The fourth-order valence-electron chi connectivity index (χ4n) is 4.50. The minimum absolute atomic E-state index is 0.0658. The maximum Gasteiger partial charge on any atom is 0.211 e. The van der Waals surface area contributed by atoms with Crippen LogP contribution < -0.4 is 15.4 Å². The van der Waals surface area contributed by atoms with Gasteiger partial charge >= 0.3 is 0 Å². The van der Waals surface area contributed by atoms with E-state index in [-0.39, 0.29) is 17.6 Å². The van der Waals surface area contributed by atoms with E-state index in [1.54, 1.807) is 30.6 Å². The molecule has 1 aromatic carbocycles. The number of fused-ring (bicyclic) bond motifs is 1. The number of imidazole rings is 1. The third-order valence-electron chi connectivity index (χ3n) is 6.40. The highest BCUT2D eigenvalue weighted by atomic mass is 35.5. The molecule has 2 saturated heterocycles. The molecule has 0 unspecified atom stereocenters. The van der Waals surface area contributed by atoms with Crippen molar-refractivity contribution in [2.75, 3.05) is 24.6 Å². The van der Waals surface area contributed by atoms with E-state index < -0.39 is 0 Å². The number of nitrogens with two attached hydrogens (primary N) is 1. The van der Waals surface area contributed by atoms with Gasteiger partial charge < -0.3 is 20.1 Å². The molecule has 2 N–H and O–H groups in total. The molecule has 30 heavy (non-hydrogen) atoms. The SMILES string of the molecule is C[C@@H]1OCC2(CCN(c3ncc(Oc4cccc(Cl)c4Cl)c4nccn34)CC2)[C@@H]1N. The van der Waals surface area contributed by atoms with Crippen molar-refractivity contribution in [3.63, 3.8) is 0 Å². The van der Waals surface area contributed by atoms with Gasteiger partial charge in [-0.3, -0.25) is 4.40 Å². The summed E-state index contributed by atoms with van der Waals surface area (Å²) in [5.74, 6) is 1.82. The van der Waals surface area contributed by atoms with Gasteiger partial charge in [0.1, 0.15) is 10.8 Å². The van der Waals surface area contributed by atoms with Gasteiger partial charge in [-0.05, 0) is 31.9 Å². The summed E-state index contributed by atoms with van der Waals surface area (Å²) in [5.41, 5.74) is 7.19. The molecule has 1 spiro atoms. The van der Waals surface area contributed by atoms with E-state index >= 15 is 0 Å². The largest absolute Gasteiger partial charge is 0.450 e. The van der Waals surface area contributed by atoms with Crippen molar-refractivity contribution < 1.29 is 9.47 Å². The maximum atomic E-state index is 6.45. The first-order chi connectivity index (χ1) is 14.5. The minimum Gasteiger partial charge on any atom is -0.450 e. The number of halogens is 2. The van der Waals surface area contributed by atoms with E-state index in [1.807, 2.05) is 10.6 Å². The first-order valence-electron chi connectivity index (χ1n) is 10.0. The van der Waals surface area contributed by atoms with Gasteiger partial charge in [-0.25, -0.2) is 9.97 Å². The molecule has 3 aromatic rings. The summed E-state index contributed by atoms with van der Waals surface area (Å²) < 4.78 is 13.8. The Kier molecular flexibility index (Phi) is 5.01. The lowest BCUT2D eigenvalue weighted by Crippen LogP contribution is -2.51. The Labute approximate surface area is 184 Å². The third-order valence-corrected chi connectivity index (χ3v) is 7.20. The monoisotopic (exact) mass is 447 g/mol. The van der Waals surface area contributed by atoms with Crippen LogP contribution in [0.15, 0.2) is 36.8 Å². The fourth-order valence-corrected chi connectivity index (χ4v) is 4.83. The Morgan fingerprint density at radius 2 is 2.00 bits per heavy atom. The fraction of sp³-hybridized carbons (Fsp3) is 0.429. The van der Waals surface area contributed by atoms with Crippen molar-refractivity contribution in [1.82, 2.24) is 14.4 Å². The Morgan fingerprint density at radius 1 is 1.20 bits per heavy atom. The zero-order chi connectivity index (χ0) is 20.9. The molecule has 0 aliphatic carbocycles. The van der Waals surface area contributed by atoms with Crippen LogP contribution >= 0.6 is 23.2 Å². The molecular weight excluding hydrogens is 425 g/mol. The molecule has 0 radical (unpaired) electrons. The molecule has 158 valence electrons. The second-order valence-electron chi connectivity index (χ2n) is 8.09. The van der Waals surface area contributed by atoms with Gasteiger partial charge in [0.25, 0.3) is 0 Å². The van der Waals surface area contributed by atoms with E-state index in [1.165, 1.54) is 0 Å². The predicted octanol–water partition coefficient (Wildman–Crippen LogP) is 4.16. The molecule has 0 bridgehead atoms. The van der Waals surface area contributed by atoms with Crippen LogP contribution in [0.5, 0.6) is 11.5 Å². The summed E-state index contributed by atoms with van der Waals surface area (Å²) in [6, 6.07) is 5.35. The van der Waals surface area contributed by atoms with Crippen LogP contribution in [0, 0.1) is 5.41 Å². The van der Waals surface area contributed by atoms with Crippen LogP contribution in [-0.2, 0) is 4.74 Å². The normalized spacial score (nSPS) is 23.4. The lowest BCUT2D eigenvalue weighted by Gasteiger charge is -2.41. The van der Waals surface area contributed by atoms with Gasteiger partial charge in [-0.15, -0.1) is 0 Å². The Morgan fingerprint density at radius 3 is 2.73 bits per heavy atom. The summed E-state index contributed by atoms with van der Waals surface area (Å²) in [6.45, 7) is 4.53. The van der Waals surface area contributed by atoms with E-state index in [2.05, 4.69) is 21.8 Å². The molecule has 2 fully saturated rings. The lowest BCUT2D eigenvalue weighted by atomic mass is 9.73. The summed E-state index contributed by atoms with van der Waals surface area (Å²) in [5, 5.41) is 0.794. The molecule has 0 amide bonds. The maximum absolute atomic E-state index is 6.45. The lowest BCUT2D eigenvalue weighted by molar-refractivity contribution is 0.0973. The van der Waals surface area contributed by atoms with Gasteiger partial charge in [-0.1, -0.05) is 29.3 Å². The quantitative estimate of drug-likeness (QED) is 0.649. The van der Waals surface area contributed by atoms with Gasteiger partial charge in [-0.2, -0.15) is 0 Å². The Balaban J connectivity index is 1.40. The number of nitrogens with zero attached hydrogens (tertiary/aromatic N) is 4. The summed E-state index contributed by atoms with van der Waals surface area (Å²) in [7, 11) is 0. The average molecular weight is 448 g/mol. The standard InChI is InChI=1S/C21H23Cl2N5O2/c1-13-18(24)21(12-29-13)5-8-27(9-6-21)20-26-11-16(19-25-7-10-28(19)20)30-15-4-2-3-14(22)17(15)23/h2-4,7,10-11,13,18H,5-6,8-9,12,24H2,1H3/t13-,18+/m0/s1. The first-order valence-corrected chi connectivity index (χ1v) is 10.8. The van der Waals surface area contributed by atoms with Crippen molar-refractivity contribution in [3.05, 3.63) is 46.8 Å². The molecule has 7 nitrogen and oxygen atoms in total. The highest BCUT2D eigenvalue weighted by Gasteiger charge is 2.47. The number of hydrogen-bond acceptors (Lipinski definition) is 6. The molecular formula is C21H23Cl2N5O2. The Bertz CT molecular complexity index is 1080. The Hall–Kier alpha value is -2.06. The number of ether oxygens (including phenoxy) is 2. The van der Waals surface area contributed by atoms with E-state index in [4.69, 9.17) is 38.4 Å². The van der Waals surface area contributed by atoms with Crippen LogP contribution in [0.2, 0.25) is 10.0 Å². The number of piperidine rings is 1. The molecule has 4 heterocycles. The van der Waals surface area contributed by atoms with Gasteiger partial charge in [0.05, 0.1) is 23.9 Å². The number of aromatic nitrogens is 3. The molecule has 2 aliphatic rings. The number of anilines is 1. The smallest absolute Gasteiger partial charge is 0.211 e. The van der Waals surface area contributed by atoms with Gasteiger partial charge in [0.15, 0.2) is 11.4 Å². The molecule has 2 aromatic heterocycles. The predicted molar refractivity (Wildman–Crippen MR) is 117 cm³/mol. The van der Waals surface area contributed by atoms with Crippen molar-refractivity contribution >= 4 is 34.8 Å². The van der Waals surface area contributed by atoms with Gasteiger partial charge in [0, 0.05) is 36.9 Å². The van der Waals surface area contributed by atoms with Crippen molar-refractivity contribution in [3.8, 4) is 11.5 Å². The molecule has 5 rings (SSSR count). The van der Waals surface area contributed by atoms with Gasteiger partial charge in [0.2, 0.25) is 5.95 Å². The summed E-state index contributed by atoms with van der Waals surface area (Å²) in [4.78, 5) is 11.4. The van der Waals surface area contributed by atoms with Crippen molar-refractivity contribution in [2.45, 2.75) is 31.9 Å². The van der Waals surface area contributed by atoms with E-state index in [0.29, 0.717) is 27.2 Å². The van der Waals surface area contributed by atoms with Crippen molar-refractivity contribution in [2.24, 2.45) is 11.1 Å². The second kappa shape index (κ2) is 7.57. The van der Waals surface area contributed by atoms with E-state index in [0.717, 1.165) is 38.5 Å². The van der Waals surface area contributed by atoms with Crippen molar-refractivity contribution in [1.29, 1.82) is 0 Å². The van der Waals surface area contributed by atoms with Crippen LogP contribution in [0.3, 0.4) is 0 Å². The first kappa shape index (κ1) is 19.9. The minimum atomic E-state index is 0.0658. The van der Waals surface area contributed by atoms with Crippen LogP contribution in [0.1, 0.15) is 19.8 Å². The highest BCUT2D eigenvalue weighted by Crippen LogP contribution is 2.42. The summed E-state index contributed by atoms with van der Waals surface area (Å²) >= 11 is 12.4. The highest BCUT2D eigenvalue weighted by molar-refractivity contribution is 6.42. The number of hydrogen-bond donors (Lipinski definition) is 1. The molecule has 9 heteroatoms. The topological polar surface area (TPSA) is 77.9 Å².